The minimum Gasteiger partial charge on any atom is -0.335 e. The molecule has 3 aromatic rings. The Bertz CT molecular complexity index is 1090. The fourth-order valence-electron chi connectivity index (χ4n) is 3.89. The van der Waals surface area contributed by atoms with Crippen LogP contribution in [0.2, 0.25) is 0 Å². The molecule has 0 atom stereocenters. The van der Waals surface area contributed by atoms with Gasteiger partial charge >= 0.3 is 0 Å². The summed E-state index contributed by atoms with van der Waals surface area (Å²) in [6, 6.07) is 20.4. The molecule has 0 spiro atoms. The summed E-state index contributed by atoms with van der Waals surface area (Å²) in [6.07, 6.45) is 2.12. The highest BCUT2D eigenvalue weighted by Gasteiger charge is 2.25. The van der Waals surface area contributed by atoms with Gasteiger partial charge in [0.05, 0.1) is 0 Å². The molecule has 170 valence electrons. The predicted molar refractivity (Wildman–Crippen MR) is 131 cm³/mol. The van der Waals surface area contributed by atoms with E-state index in [1.165, 1.54) is 4.88 Å². The molecule has 1 aliphatic heterocycles. The van der Waals surface area contributed by atoms with Crippen molar-refractivity contribution in [3.63, 3.8) is 0 Å². The first-order chi connectivity index (χ1) is 16.1. The first-order valence-corrected chi connectivity index (χ1v) is 12.0. The van der Waals surface area contributed by atoms with E-state index in [1.54, 1.807) is 45.4 Å². The van der Waals surface area contributed by atoms with E-state index in [4.69, 9.17) is 0 Å². The van der Waals surface area contributed by atoms with E-state index in [-0.39, 0.29) is 17.7 Å². The number of carbonyl (C=O) groups excluding carboxylic acids is 3. The lowest BCUT2D eigenvalue weighted by Gasteiger charge is -2.35. The topological polar surface area (TPSA) is 69.7 Å². The van der Waals surface area contributed by atoms with E-state index in [2.05, 4.69) is 11.4 Å². The Balaban J connectivity index is 1.28. The van der Waals surface area contributed by atoms with E-state index >= 15 is 0 Å². The zero-order valence-electron chi connectivity index (χ0n) is 18.4. The van der Waals surface area contributed by atoms with Crippen molar-refractivity contribution in [2.24, 2.45) is 0 Å². The third-order valence-electron chi connectivity index (χ3n) is 5.68. The SMILES string of the molecule is O=C(CCCc1cccs1)Nc1cccc(C(=O)N2CCN(C(=O)c3ccccc3)CC2)c1. The van der Waals surface area contributed by atoms with E-state index in [0.29, 0.717) is 49.4 Å². The van der Waals surface area contributed by atoms with Gasteiger partial charge < -0.3 is 15.1 Å². The average Bonchev–Trinajstić information content (AvgIpc) is 3.37. The van der Waals surface area contributed by atoms with Gasteiger partial charge in [-0.1, -0.05) is 30.3 Å². The van der Waals surface area contributed by atoms with Gasteiger partial charge in [-0.05, 0) is 54.6 Å². The highest BCUT2D eigenvalue weighted by Crippen LogP contribution is 2.17. The van der Waals surface area contributed by atoms with Gasteiger partial charge in [-0.25, -0.2) is 0 Å². The zero-order chi connectivity index (χ0) is 23.0. The molecule has 0 aliphatic carbocycles. The third kappa shape index (κ3) is 6.08. The quantitative estimate of drug-likeness (QED) is 0.570. The van der Waals surface area contributed by atoms with Crippen molar-refractivity contribution >= 4 is 34.7 Å². The van der Waals surface area contributed by atoms with Gasteiger partial charge in [-0.2, -0.15) is 0 Å². The molecular weight excluding hydrogens is 434 g/mol. The highest BCUT2D eigenvalue weighted by molar-refractivity contribution is 7.09. The van der Waals surface area contributed by atoms with Crippen molar-refractivity contribution in [2.45, 2.75) is 19.3 Å². The van der Waals surface area contributed by atoms with Crippen molar-refractivity contribution in [2.75, 3.05) is 31.5 Å². The first-order valence-electron chi connectivity index (χ1n) is 11.2. The number of rotatable bonds is 7. The summed E-state index contributed by atoms with van der Waals surface area (Å²) in [4.78, 5) is 42.7. The highest BCUT2D eigenvalue weighted by atomic mass is 32.1. The minimum atomic E-state index is -0.0874. The number of aryl methyl sites for hydroxylation is 1. The molecule has 7 heteroatoms. The molecule has 2 aromatic carbocycles. The number of anilines is 1. The lowest BCUT2D eigenvalue weighted by atomic mass is 10.1. The largest absolute Gasteiger partial charge is 0.335 e. The Hall–Kier alpha value is -3.45. The number of amides is 3. The van der Waals surface area contributed by atoms with E-state index in [9.17, 15) is 14.4 Å². The summed E-state index contributed by atoms with van der Waals surface area (Å²) in [6.45, 7) is 1.97. The fourth-order valence-corrected chi connectivity index (χ4v) is 4.64. The van der Waals surface area contributed by atoms with Crippen LogP contribution < -0.4 is 5.32 Å². The predicted octanol–water partition coefficient (Wildman–Crippen LogP) is 4.31. The van der Waals surface area contributed by atoms with Crippen LogP contribution in [0.1, 0.15) is 38.4 Å². The number of carbonyl (C=O) groups is 3. The van der Waals surface area contributed by atoms with Gasteiger partial charge in [-0.15, -0.1) is 11.3 Å². The van der Waals surface area contributed by atoms with Crippen molar-refractivity contribution in [1.82, 2.24) is 9.80 Å². The molecule has 2 heterocycles. The molecule has 1 aliphatic rings. The van der Waals surface area contributed by atoms with Crippen molar-refractivity contribution in [1.29, 1.82) is 0 Å². The lowest BCUT2D eigenvalue weighted by molar-refractivity contribution is -0.116. The summed E-state index contributed by atoms with van der Waals surface area (Å²) in [5.41, 5.74) is 1.82. The van der Waals surface area contributed by atoms with Gasteiger partial charge in [0.1, 0.15) is 0 Å². The van der Waals surface area contributed by atoms with Crippen molar-refractivity contribution in [3.05, 3.63) is 88.1 Å². The summed E-state index contributed by atoms with van der Waals surface area (Å²) >= 11 is 1.70. The Morgan fingerprint density at radius 3 is 2.12 bits per heavy atom. The Kier molecular flexibility index (Phi) is 7.52. The van der Waals surface area contributed by atoms with Gasteiger partial charge in [0.25, 0.3) is 11.8 Å². The molecule has 6 nitrogen and oxygen atoms in total. The van der Waals surface area contributed by atoms with Crippen LogP contribution in [0.3, 0.4) is 0 Å². The van der Waals surface area contributed by atoms with Crippen LogP contribution in [0.25, 0.3) is 0 Å². The second-order valence-electron chi connectivity index (χ2n) is 8.01. The standard InChI is InChI=1S/C26H27N3O3S/c30-24(13-5-11-23-12-6-18-33-23)27-22-10-4-9-21(19-22)26(32)29-16-14-28(15-17-29)25(31)20-7-2-1-3-8-20/h1-4,6-10,12,18-19H,5,11,13-17H2,(H,27,30). The summed E-state index contributed by atoms with van der Waals surface area (Å²) in [7, 11) is 0. The van der Waals surface area contributed by atoms with Crippen LogP contribution in [0.15, 0.2) is 72.1 Å². The smallest absolute Gasteiger partial charge is 0.254 e. The van der Waals surface area contributed by atoms with Crippen LogP contribution in [0.5, 0.6) is 0 Å². The molecule has 0 unspecified atom stereocenters. The first kappa shape index (κ1) is 22.7. The maximum atomic E-state index is 13.0. The molecule has 1 fully saturated rings. The van der Waals surface area contributed by atoms with Gasteiger partial charge in [0.2, 0.25) is 5.91 Å². The number of benzene rings is 2. The minimum absolute atomic E-state index is 0.00788. The molecule has 4 rings (SSSR count). The number of hydrogen-bond acceptors (Lipinski definition) is 4. The number of hydrogen-bond donors (Lipinski definition) is 1. The number of nitrogens with zero attached hydrogens (tertiary/aromatic N) is 2. The molecular formula is C26H27N3O3S. The number of piperazine rings is 1. The molecule has 0 saturated carbocycles. The molecule has 1 aromatic heterocycles. The van der Waals surface area contributed by atoms with Gasteiger partial charge in [0, 0.05) is 54.3 Å². The lowest BCUT2D eigenvalue weighted by Crippen LogP contribution is -2.50. The van der Waals surface area contributed by atoms with Gasteiger partial charge in [-0.3, -0.25) is 14.4 Å². The molecule has 1 N–H and O–H groups in total. The summed E-state index contributed by atoms with van der Waals surface area (Å²) in [5, 5.41) is 4.94. The van der Waals surface area contributed by atoms with Crippen LogP contribution in [0.4, 0.5) is 5.69 Å². The van der Waals surface area contributed by atoms with E-state index < -0.39 is 0 Å². The molecule has 33 heavy (non-hydrogen) atoms. The van der Waals surface area contributed by atoms with Gasteiger partial charge in [0.15, 0.2) is 0 Å². The number of nitrogens with one attached hydrogen (secondary N) is 1. The van der Waals surface area contributed by atoms with Crippen LogP contribution in [-0.2, 0) is 11.2 Å². The second-order valence-corrected chi connectivity index (χ2v) is 9.04. The Labute approximate surface area is 197 Å². The molecule has 1 saturated heterocycles. The monoisotopic (exact) mass is 461 g/mol. The van der Waals surface area contributed by atoms with Crippen molar-refractivity contribution < 1.29 is 14.4 Å². The second kappa shape index (κ2) is 10.9. The van der Waals surface area contributed by atoms with Crippen LogP contribution in [0, 0.1) is 0 Å². The van der Waals surface area contributed by atoms with E-state index in [1.807, 2.05) is 41.8 Å². The van der Waals surface area contributed by atoms with Crippen LogP contribution >= 0.6 is 11.3 Å². The third-order valence-corrected chi connectivity index (χ3v) is 6.61. The Morgan fingerprint density at radius 2 is 1.45 bits per heavy atom. The number of thiophene rings is 1. The Morgan fingerprint density at radius 1 is 0.788 bits per heavy atom. The summed E-state index contributed by atoms with van der Waals surface area (Å²) < 4.78 is 0. The summed E-state index contributed by atoms with van der Waals surface area (Å²) in [5.74, 6) is -0.147. The fraction of sp³-hybridized carbons (Fsp3) is 0.269. The van der Waals surface area contributed by atoms with Crippen molar-refractivity contribution in [3.8, 4) is 0 Å². The average molecular weight is 462 g/mol. The zero-order valence-corrected chi connectivity index (χ0v) is 19.2. The molecule has 0 radical (unpaired) electrons. The molecule has 0 bridgehead atoms. The maximum absolute atomic E-state index is 13.0. The normalized spacial score (nSPS) is 13.6. The van der Waals surface area contributed by atoms with E-state index in [0.717, 1.165) is 12.8 Å². The van der Waals surface area contributed by atoms with Crippen LogP contribution in [-0.4, -0.2) is 53.7 Å². The molecule has 3 amide bonds. The maximum Gasteiger partial charge on any atom is 0.254 e.